The molecule has 0 radical (unpaired) electrons. The summed E-state index contributed by atoms with van der Waals surface area (Å²) in [5, 5.41) is 3.80. The quantitative estimate of drug-likeness (QED) is 0.908. The maximum Gasteiger partial charge on any atom is 0.181 e. The largest absolute Gasteiger partial charge is 0.311 e. The van der Waals surface area contributed by atoms with Crippen LogP contribution in [0.1, 0.15) is 25.7 Å². The molecule has 3 nitrogen and oxygen atoms in total. The first-order valence-electron chi connectivity index (χ1n) is 6.31. The van der Waals surface area contributed by atoms with Gasteiger partial charge in [-0.15, -0.1) is 0 Å². The van der Waals surface area contributed by atoms with Crippen LogP contribution in [-0.4, -0.2) is 25.8 Å². The number of hydrogen-bond acceptors (Lipinski definition) is 3. The molecule has 2 heterocycles. The molecule has 1 unspecified atom stereocenters. The Morgan fingerprint density at radius 3 is 2.17 bits per heavy atom. The Bertz CT molecular complexity index is 529. The first kappa shape index (κ1) is 12.5. The maximum absolute atomic E-state index is 12.5. The molecule has 3 atom stereocenters. The van der Waals surface area contributed by atoms with E-state index in [0.29, 0.717) is 22.0 Å². The van der Waals surface area contributed by atoms with Crippen LogP contribution in [0.15, 0.2) is 29.2 Å². The second-order valence-electron chi connectivity index (χ2n) is 5.23. The molecule has 18 heavy (non-hydrogen) atoms. The van der Waals surface area contributed by atoms with E-state index in [4.69, 9.17) is 11.6 Å². The number of benzene rings is 1. The molecule has 0 aromatic heterocycles. The van der Waals surface area contributed by atoms with Gasteiger partial charge in [0.05, 0.1) is 10.1 Å². The Balaban J connectivity index is 1.88. The Kier molecular flexibility index (Phi) is 3.12. The lowest BCUT2D eigenvalue weighted by Gasteiger charge is -2.28. The van der Waals surface area contributed by atoms with E-state index in [1.54, 1.807) is 24.3 Å². The molecule has 0 aliphatic carbocycles. The van der Waals surface area contributed by atoms with Crippen molar-refractivity contribution in [3.8, 4) is 0 Å². The van der Waals surface area contributed by atoms with Crippen molar-refractivity contribution in [2.24, 2.45) is 0 Å². The van der Waals surface area contributed by atoms with Gasteiger partial charge >= 0.3 is 0 Å². The third-order valence-electron chi connectivity index (χ3n) is 4.01. The van der Waals surface area contributed by atoms with Gasteiger partial charge in [-0.25, -0.2) is 8.42 Å². The SMILES string of the molecule is O=S(=O)(c1ccc(Cl)cc1)C1C[C@H]2CC[C@@H](C1)N2. The maximum atomic E-state index is 12.5. The summed E-state index contributed by atoms with van der Waals surface area (Å²) in [6.45, 7) is 0. The summed E-state index contributed by atoms with van der Waals surface area (Å²) < 4.78 is 25.1. The Morgan fingerprint density at radius 1 is 1.06 bits per heavy atom. The second-order valence-corrected chi connectivity index (χ2v) is 7.89. The lowest BCUT2D eigenvalue weighted by Crippen LogP contribution is -2.43. The van der Waals surface area contributed by atoms with E-state index in [9.17, 15) is 8.42 Å². The van der Waals surface area contributed by atoms with Gasteiger partial charge in [0.25, 0.3) is 0 Å². The van der Waals surface area contributed by atoms with E-state index < -0.39 is 9.84 Å². The number of rotatable bonds is 2. The minimum Gasteiger partial charge on any atom is -0.311 e. The molecule has 2 fully saturated rings. The van der Waals surface area contributed by atoms with Crippen molar-refractivity contribution in [1.29, 1.82) is 0 Å². The van der Waals surface area contributed by atoms with Crippen LogP contribution in [0.5, 0.6) is 0 Å². The van der Waals surface area contributed by atoms with Gasteiger partial charge in [0.2, 0.25) is 0 Å². The first-order valence-corrected chi connectivity index (χ1v) is 8.23. The predicted molar refractivity (Wildman–Crippen MR) is 71.6 cm³/mol. The summed E-state index contributed by atoms with van der Waals surface area (Å²) in [5.41, 5.74) is 0. The molecule has 2 saturated heterocycles. The van der Waals surface area contributed by atoms with Crippen LogP contribution in [0.4, 0.5) is 0 Å². The van der Waals surface area contributed by atoms with E-state index in [-0.39, 0.29) is 5.25 Å². The lowest BCUT2D eigenvalue weighted by molar-refractivity contribution is 0.401. The van der Waals surface area contributed by atoms with Crippen LogP contribution in [-0.2, 0) is 9.84 Å². The van der Waals surface area contributed by atoms with E-state index in [1.807, 2.05) is 0 Å². The molecule has 0 saturated carbocycles. The van der Waals surface area contributed by atoms with Crippen LogP contribution in [0.2, 0.25) is 5.02 Å². The van der Waals surface area contributed by atoms with E-state index in [0.717, 1.165) is 25.7 Å². The normalized spacial score (nSPS) is 31.5. The van der Waals surface area contributed by atoms with Crippen molar-refractivity contribution in [1.82, 2.24) is 5.32 Å². The standard InChI is InChI=1S/C13H16ClNO2S/c14-9-1-5-12(6-2-9)18(16,17)13-7-10-3-4-11(8-13)15-10/h1-2,5-6,10-11,13,15H,3-4,7-8H2/t10-,11+,13?. The van der Waals surface area contributed by atoms with Crippen LogP contribution < -0.4 is 5.32 Å². The number of hydrogen-bond donors (Lipinski definition) is 1. The zero-order valence-electron chi connectivity index (χ0n) is 9.97. The van der Waals surface area contributed by atoms with Crippen molar-refractivity contribution in [3.05, 3.63) is 29.3 Å². The number of nitrogens with one attached hydrogen (secondary N) is 1. The highest BCUT2D eigenvalue weighted by Gasteiger charge is 2.39. The molecule has 0 spiro atoms. The van der Waals surface area contributed by atoms with E-state index in [1.165, 1.54) is 0 Å². The molecule has 5 heteroatoms. The van der Waals surface area contributed by atoms with Crippen molar-refractivity contribution in [2.75, 3.05) is 0 Å². The fourth-order valence-electron chi connectivity index (χ4n) is 3.08. The van der Waals surface area contributed by atoms with Gasteiger partial charge in [-0.1, -0.05) is 11.6 Å². The van der Waals surface area contributed by atoms with Crippen LogP contribution >= 0.6 is 11.6 Å². The smallest absolute Gasteiger partial charge is 0.181 e. The highest BCUT2D eigenvalue weighted by atomic mass is 35.5. The van der Waals surface area contributed by atoms with Gasteiger partial charge in [-0.3, -0.25) is 0 Å². The summed E-state index contributed by atoms with van der Waals surface area (Å²) in [5.74, 6) is 0. The second kappa shape index (κ2) is 4.51. The number of fused-ring (bicyclic) bond motifs is 2. The molecular formula is C13H16ClNO2S. The summed E-state index contributed by atoms with van der Waals surface area (Å²) in [6.07, 6.45) is 3.69. The highest BCUT2D eigenvalue weighted by molar-refractivity contribution is 7.92. The number of piperidine rings is 1. The molecule has 1 aromatic rings. The Morgan fingerprint density at radius 2 is 1.61 bits per heavy atom. The summed E-state index contributed by atoms with van der Waals surface area (Å²) >= 11 is 5.80. The molecule has 2 bridgehead atoms. The van der Waals surface area contributed by atoms with Crippen LogP contribution in [0.3, 0.4) is 0 Å². The topological polar surface area (TPSA) is 46.2 Å². The summed E-state index contributed by atoms with van der Waals surface area (Å²) in [6, 6.07) is 7.28. The lowest BCUT2D eigenvalue weighted by atomic mass is 10.1. The third-order valence-corrected chi connectivity index (χ3v) is 6.45. The van der Waals surface area contributed by atoms with E-state index in [2.05, 4.69) is 5.32 Å². The average Bonchev–Trinajstić information content (AvgIpc) is 2.68. The zero-order valence-corrected chi connectivity index (χ0v) is 11.5. The van der Waals surface area contributed by atoms with Gasteiger partial charge in [0.1, 0.15) is 0 Å². The van der Waals surface area contributed by atoms with Crippen LogP contribution in [0, 0.1) is 0 Å². The molecular weight excluding hydrogens is 270 g/mol. The fraction of sp³-hybridized carbons (Fsp3) is 0.538. The summed E-state index contributed by atoms with van der Waals surface area (Å²) in [7, 11) is -3.20. The molecule has 0 amide bonds. The van der Waals surface area contributed by atoms with E-state index >= 15 is 0 Å². The minimum absolute atomic E-state index is 0.238. The minimum atomic E-state index is -3.20. The van der Waals surface area contributed by atoms with Gasteiger partial charge < -0.3 is 5.32 Å². The molecule has 2 aliphatic rings. The van der Waals surface area contributed by atoms with Gasteiger partial charge in [0, 0.05) is 17.1 Å². The number of sulfone groups is 1. The molecule has 1 N–H and O–H groups in total. The van der Waals surface area contributed by atoms with Crippen LogP contribution in [0.25, 0.3) is 0 Å². The average molecular weight is 286 g/mol. The summed E-state index contributed by atoms with van der Waals surface area (Å²) in [4.78, 5) is 0.401. The number of halogens is 1. The van der Waals surface area contributed by atoms with Crippen molar-refractivity contribution in [2.45, 2.75) is 47.9 Å². The molecule has 3 rings (SSSR count). The Hall–Kier alpha value is -0.580. The van der Waals surface area contributed by atoms with Crippen molar-refractivity contribution < 1.29 is 8.42 Å². The van der Waals surface area contributed by atoms with Crippen molar-refractivity contribution >= 4 is 21.4 Å². The zero-order chi connectivity index (χ0) is 12.8. The predicted octanol–water partition coefficient (Wildman–Crippen LogP) is 2.40. The Labute approximate surface area is 112 Å². The third kappa shape index (κ3) is 2.17. The monoisotopic (exact) mass is 285 g/mol. The van der Waals surface area contributed by atoms with Gasteiger partial charge in [0.15, 0.2) is 9.84 Å². The molecule has 1 aromatic carbocycles. The highest BCUT2D eigenvalue weighted by Crippen LogP contribution is 2.33. The fourth-order valence-corrected chi connectivity index (χ4v) is 5.07. The first-order chi connectivity index (χ1) is 8.55. The molecule has 2 aliphatic heterocycles. The molecule has 98 valence electrons. The van der Waals surface area contributed by atoms with Crippen molar-refractivity contribution in [3.63, 3.8) is 0 Å². The van der Waals surface area contributed by atoms with Gasteiger partial charge in [-0.2, -0.15) is 0 Å². The van der Waals surface area contributed by atoms with Gasteiger partial charge in [-0.05, 0) is 49.9 Å².